The first-order valence-electron chi connectivity index (χ1n) is 7.85. The molecule has 0 unspecified atom stereocenters. The van der Waals surface area contributed by atoms with Gasteiger partial charge in [-0.15, -0.1) is 0 Å². The highest BCUT2D eigenvalue weighted by Gasteiger charge is 2.45. The molecular formula is C18H26O3. The summed E-state index contributed by atoms with van der Waals surface area (Å²) >= 11 is 0. The summed E-state index contributed by atoms with van der Waals surface area (Å²) in [5.41, 5.74) is 2.27. The fourth-order valence-electron chi connectivity index (χ4n) is 3.67. The lowest BCUT2D eigenvalue weighted by Gasteiger charge is -2.37. The molecule has 0 atom stereocenters. The summed E-state index contributed by atoms with van der Waals surface area (Å²) in [6.07, 6.45) is 4.49. The minimum atomic E-state index is -0.783. The van der Waals surface area contributed by atoms with Crippen molar-refractivity contribution in [3.8, 4) is 5.75 Å². The van der Waals surface area contributed by atoms with Gasteiger partial charge in [-0.05, 0) is 36.8 Å². The zero-order valence-corrected chi connectivity index (χ0v) is 13.5. The first-order chi connectivity index (χ1) is 9.94. The molecule has 0 saturated heterocycles. The predicted octanol–water partition coefficient (Wildman–Crippen LogP) is 4.41. The van der Waals surface area contributed by atoms with Crippen molar-refractivity contribution in [1.29, 1.82) is 0 Å². The van der Waals surface area contributed by atoms with E-state index in [4.69, 9.17) is 4.74 Å². The Morgan fingerprint density at radius 1 is 1.24 bits per heavy atom. The van der Waals surface area contributed by atoms with Crippen molar-refractivity contribution >= 4 is 5.97 Å². The topological polar surface area (TPSA) is 46.5 Å². The molecular weight excluding hydrogens is 264 g/mol. The van der Waals surface area contributed by atoms with Gasteiger partial charge in [0, 0.05) is 5.56 Å². The van der Waals surface area contributed by atoms with Crippen LogP contribution in [0, 0.1) is 6.92 Å². The van der Waals surface area contributed by atoms with Crippen LogP contribution in [0.5, 0.6) is 5.75 Å². The smallest absolute Gasteiger partial charge is 0.314 e. The van der Waals surface area contributed by atoms with Gasteiger partial charge in [0.2, 0.25) is 0 Å². The maximum absolute atomic E-state index is 12.2. The summed E-state index contributed by atoms with van der Waals surface area (Å²) in [7, 11) is 1.65. The van der Waals surface area contributed by atoms with Gasteiger partial charge < -0.3 is 9.84 Å². The SMILES string of the molecule is COc1c(C)ccc(C(C)C)c1C1(C(=O)O)CCCCC1. The van der Waals surface area contributed by atoms with Gasteiger partial charge in [0.1, 0.15) is 5.75 Å². The second kappa shape index (κ2) is 6.08. The maximum atomic E-state index is 12.2. The van der Waals surface area contributed by atoms with E-state index in [0.29, 0.717) is 12.8 Å². The van der Waals surface area contributed by atoms with Crippen LogP contribution in [0.4, 0.5) is 0 Å². The zero-order valence-electron chi connectivity index (χ0n) is 13.5. The van der Waals surface area contributed by atoms with E-state index >= 15 is 0 Å². The second-order valence-corrected chi connectivity index (χ2v) is 6.48. The lowest BCUT2D eigenvalue weighted by atomic mass is 9.66. The molecule has 21 heavy (non-hydrogen) atoms. The number of aliphatic carboxylic acids is 1. The van der Waals surface area contributed by atoms with E-state index in [2.05, 4.69) is 19.9 Å². The van der Waals surface area contributed by atoms with Crippen LogP contribution in [-0.4, -0.2) is 18.2 Å². The van der Waals surface area contributed by atoms with Crippen molar-refractivity contribution in [2.24, 2.45) is 0 Å². The third-order valence-electron chi connectivity index (χ3n) is 4.81. The molecule has 1 aliphatic carbocycles. The minimum absolute atomic E-state index is 0.285. The van der Waals surface area contributed by atoms with Gasteiger partial charge in [0.25, 0.3) is 0 Å². The van der Waals surface area contributed by atoms with Gasteiger partial charge >= 0.3 is 5.97 Å². The molecule has 1 N–H and O–H groups in total. The van der Waals surface area contributed by atoms with Gasteiger partial charge in [0.15, 0.2) is 0 Å². The van der Waals surface area contributed by atoms with E-state index in [1.165, 1.54) is 0 Å². The van der Waals surface area contributed by atoms with Gasteiger partial charge in [-0.2, -0.15) is 0 Å². The van der Waals surface area contributed by atoms with Crippen molar-refractivity contribution in [3.05, 3.63) is 28.8 Å². The van der Waals surface area contributed by atoms with Crippen LogP contribution in [0.1, 0.15) is 68.6 Å². The molecule has 1 fully saturated rings. The van der Waals surface area contributed by atoms with E-state index in [1.807, 2.05) is 13.0 Å². The van der Waals surface area contributed by atoms with Crippen molar-refractivity contribution in [2.45, 2.75) is 64.2 Å². The van der Waals surface area contributed by atoms with Crippen LogP contribution in [0.2, 0.25) is 0 Å². The monoisotopic (exact) mass is 290 g/mol. The number of carboxylic acids is 1. The van der Waals surface area contributed by atoms with Crippen LogP contribution < -0.4 is 4.74 Å². The van der Waals surface area contributed by atoms with Gasteiger partial charge in [-0.25, -0.2) is 0 Å². The molecule has 0 aliphatic heterocycles. The maximum Gasteiger partial charge on any atom is 0.314 e. The molecule has 3 heteroatoms. The summed E-state index contributed by atoms with van der Waals surface area (Å²) in [5, 5.41) is 10.0. The minimum Gasteiger partial charge on any atom is -0.496 e. The number of hydrogen-bond donors (Lipinski definition) is 1. The molecule has 0 spiro atoms. The molecule has 0 radical (unpaired) electrons. The van der Waals surface area contributed by atoms with Crippen LogP contribution >= 0.6 is 0 Å². The summed E-state index contributed by atoms with van der Waals surface area (Å²) in [4.78, 5) is 12.2. The number of benzene rings is 1. The average Bonchev–Trinajstić information content (AvgIpc) is 2.47. The number of carboxylic acid groups (broad SMARTS) is 1. The van der Waals surface area contributed by atoms with E-state index in [0.717, 1.165) is 41.7 Å². The highest BCUT2D eigenvalue weighted by atomic mass is 16.5. The van der Waals surface area contributed by atoms with Crippen molar-refractivity contribution in [2.75, 3.05) is 7.11 Å². The lowest BCUT2D eigenvalue weighted by molar-refractivity contribution is -0.145. The Bertz CT molecular complexity index is 526. The summed E-state index contributed by atoms with van der Waals surface area (Å²) in [6, 6.07) is 4.12. The molecule has 3 nitrogen and oxygen atoms in total. The zero-order chi connectivity index (χ0) is 15.6. The summed E-state index contributed by atoms with van der Waals surface area (Å²) in [6.45, 7) is 6.22. The largest absolute Gasteiger partial charge is 0.496 e. The van der Waals surface area contributed by atoms with Crippen LogP contribution in [0.15, 0.2) is 12.1 Å². The van der Waals surface area contributed by atoms with Crippen LogP contribution in [0.3, 0.4) is 0 Å². The number of methoxy groups -OCH3 is 1. The summed E-state index contributed by atoms with van der Waals surface area (Å²) < 4.78 is 5.63. The summed E-state index contributed by atoms with van der Waals surface area (Å²) in [5.74, 6) is 0.353. The molecule has 0 amide bonds. The number of ether oxygens (including phenoxy) is 1. The molecule has 1 aromatic rings. The fourth-order valence-corrected chi connectivity index (χ4v) is 3.67. The van der Waals surface area contributed by atoms with E-state index in [1.54, 1.807) is 7.11 Å². The predicted molar refractivity (Wildman–Crippen MR) is 84.2 cm³/mol. The Hall–Kier alpha value is -1.51. The quantitative estimate of drug-likeness (QED) is 0.893. The normalized spacial score (nSPS) is 17.8. The molecule has 116 valence electrons. The van der Waals surface area contributed by atoms with Crippen molar-refractivity contribution < 1.29 is 14.6 Å². The fraction of sp³-hybridized carbons (Fsp3) is 0.611. The lowest BCUT2D eigenvalue weighted by Crippen LogP contribution is -2.39. The second-order valence-electron chi connectivity index (χ2n) is 6.48. The van der Waals surface area contributed by atoms with E-state index < -0.39 is 11.4 Å². The Balaban J connectivity index is 2.74. The third-order valence-corrected chi connectivity index (χ3v) is 4.81. The highest BCUT2D eigenvalue weighted by Crippen LogP contribution is 2.47. The van der Waals surface area contributed by atoms with Crippen LogP contribution in [0.25, 0.3) is 0 Å². The highest BCUT2D eigenvalue weighted by molar-refractivity contribution is 5.84. The average molecular weight is 290 g/mol. The first kappa shape index (κ1) is 15.9. The number of rotatable bonds is 4. The van der Waals surface area contributed by atoms with Crippen molar-refractivity contribution in [3.63, 3.8) is 0 Å². The Morgan fingerprint density at radius 3 is 2.33 bits per heavy atom. The third kappa shape index (κ3) is 2.66. The van der Waals surface area contributed by atoms with Gasteiger partial charge in [0.05, 0.1) is 12.5 Å². The van der Waals surface area contributed by atoms with Gasteiger partial charge in [-0.1, -0.05) is 45.2 Å². The molecule has 1 saturated carbocycles. The van der Waals surface area contributed by atoms with E-state index in [-0.39, 0.29) is 5.92 Å². The Morgan fingerprint density at radius 2 is 1.86 bits per heavy atom. The molecule has 1 aliphatic rings. The Kier molecular flexibility index (Phi) is 4.60. The van der Waals surface area contributed by atoms with Crippen molar-refractivity contribution in [1.82, 2.24) is 0 Å². The molecule has 0 aromatic heterocycles. The molecule has 0 heterocycles. The first-order valence-corrected chi connectivity index (χ1v) is 7.85. The van der Waals surface area contributed by atoms with E-state index in [9.17, 15) is 9.90 Å². The number of carbonyl (C=O) groups is 1. The standard InChI is InChI=1S/C18H26O3/c1-12(2)14-9-8-13(3)16(21-4)15(14)18(17(19)20)10-6-5-7-11-18/h8-9,12H,5-7,10-11H2,1-4H3,(H,19,20). The Labute approximate surface area is 127 Å². The number of aryl methyl sites for hydroxylation is 1. The van der Waals surface area contributed by atoms with Gasteiger partial charge in [-0.3, -0.25) is 4.79 Å². The molecule has 0 bridgehead atoms. The molecule has 1 aromatic carbocycles. The number of hydrogen-bond acceptors (Lipinski definition) is 2. The molecule has 2 rings (SSSR count). The van der Waals surface area contributed by atoms with Crippen LogP contribution in [-0.2, 0) is 10.2 Å².